The second kappa shape index (κ2) is 2.80. The molecule has 0 amide bonds. The van der Waals surface area contributed by atoms with E-state index in [9.17, 15) is 0 Å². The second-order valence-electron chi connectivity index (χ2n) is 3.31. The smallest absolute Gasteiger partial charge is 0.0235 e. The van der Waals surface area contributed by atoms with Crippen molar-refractivity contribution in [3.8, 4) is 0 Å². The number of hydrogen-bond donors (Lipinski definition) is 2. The Morgan fingerprint density at radius 1 is 1.55 bits per heavy atom. The fourth-order valence-electron chi connectivity index (χ4n) is 1.86. The van der Waals surface area contributed by atoms with E-state index in [-0.39, 0.29) is 0 Å². The molecule has 0 aromatic heterocycles. The van der Waals surface area contributed by atoms with Gasteiger partial charge in [-0.2, -0.15) is 0 Å². The lowest BCUT2D eigenvalue weighted by Gasteiger charge is -2.32. The molecule has 2 rings (SSSR count). The number of hydrogen-bond acceptors (Lipinski definition) is 2. The van der Waals surface area contributed by atoms with Crippen LogP contribution in [0.3, 0.4) is 0 Å². The van der Waals surface area contributed by atoms with Gasteiger partial charge in [0, 0.05) is 25.0 Å². The molecule has 0 aromatic carbocycles. The largest absolute Gasteiger partial charge is 0.326 e. The SMILES string of the molecule is NC1CNCC2=CC=CCC21. The van der Waals surface area contributed by atoms with Gasteiger partial charge in [0.25, 0.3) is 0 Å². The number of nitrogens with two attached hydrogens (primary N) is 1. The molecule has 3 N–H and O–H groups in total. The van der Waals surface area contributed by atoms with Gasteiger partial charge in [0.15, 0.2) is 0 Å². The zero-order chi connectivity index (χ0) is 7.68. The van der Waals surface area contributed by atoms with E-state index < -0.39 is 0 Å². The maximum atomic E-state index is 5.95. The van der Waals surface area contributed by atoms with Gasteiger partial charge in [0.1, 0.15) is 0 Å². The number of rotatable bonds is 0. The Morgan fingerprint density at radius 3 is 3.27 bits per heavy atom. The summed E-state index contributed by atoms with van der Waals surface area (Å²) in [5.41, 5.74) is 7.43. The van der Waals surface area contributed by atoms with Crippen molar-refractivity contribution in [3.63, 3.8) is 0 Å². The van der Waals surface area contributed by atoms with Crippen molar-refractivity contribution in [2.24, 2.45) is 11.7 Å². The molecule has 0 bridgehead atoms. The molecule has 11 heavy (non-hydrogen) atoms. The van der Waals surface area contributed by atoms with Crippen molar-refractivity contribution in [1.82, 2.24) is 5.32 Å². The van der Waals surface area contributed by atoms with Crippen LogP contribution in [0.1, 0.15) is 6.42 Å². The summed E-state index contributed by atoms with van der Waals surface area (Å²) in [5, 5.41) is 3.31. The van der Waals surface area contributed by atoms with E-state index in [4.69, 9.17) is 5.73 Å². The average molecular weight is 150 g/mol. The van der Waals surface area contributed by atoms with Crippen LogP contribution in [0, 0.1) is 5.92 Å². The summed E-state index contributed by atoms with van der Waals surface area (Å²) in [6.45, 7) is 2.00. The fourth-order valence-corrected chi connectivity index (χ4v) is 1.86. The van der Waals surface area contributed by atoms with Gasteiger partial charge in [-0.05, 0) is 6.42 Å². The topological polar surface area (TPSA) is 38.0 Å². The maximum Gasteiger partial charge on any atom is 0.0235 e. The molecule has 2 nitrogen and oxygen atoms in total. The Labute approximate surface area is 67.2 Å². The summed E-state index contributed by atoms with van der Waals surface area (Å²) in [6, 6.07) is 0.319. The van der Waals surface area contributed by atoms with E-state index in [0.717, 1.165) is 19.5 Å². The monoisotopic (exact) mass is 150 g/mol. The van der Waals surface area contributed by atoms with Crippen molar-refractivity contribution in [2.75, 3.05) is 13.1 Å². The third kappa shape index (κ3) is 1.24. The lowest BCUT2D eigenvalue weighted by Crippen LogP contribution is -2.47. The van der Waals surface area contributed by atoms with Crippen molar-refractivity contribution < 1.29 is 0 Å². The van der Waals surface area contributed by atoms with Crippen LogP contribution in [-0.2, 0) is 0 Å². The molecule has 0 spiro atoms. The third-order valence-electron chi connectivity index (χ3n) is 2.54. The maximum absolute atomic E-state index is 5.95. The molecule has 60 valence electrons. The van der Waals surface area contributed by atoms with Gasteiger partial charge in [0.2, 0.25) is 0 Å². The average Bonchev–Trinajstić information content (AvgIpc) is 2.06. The van der Waals surface area contributed by atoms with E-state index in [1.54, 1.807) is 0 Å². The van der Waals surface area contributed by atoms with Crippen LogP contribution < -0.4 is 11.1 Å². The summed E-state index contributed by atoms with van der Waals surface area (Å²) in [5.74, 6) is 0.612. The predicted molar refractivity (Wildman–Crippen MR) is 46.2 cm³/mol. The molecule has 2 atom stereocenters. The molecule has 0 aromatic rings. The summed E-state index contributed by atoms with van der Waals surface area (Å²) < 4.78 is 0. The van der Waals surface area contributed by atoms with Crippen LogP contribution in [0.4, 0.5) is 0 Å². The first kappa shape index (κ1) is 7.07. The van der Waals surface area contributed by atoms with Crippen LogP contribution in [0.2, 0.25) is 0 Å². The van der Waals surface area contributed by atoms with Gasteiger partial charge in [-0.25, -0.2) is 0 Å². The first-order valence-electron chi connectivity index (χ1n) is 4.20. The highest BCUT2D eigenvalue weighted by Gasteiger charge is 2.25. The summed E-state index contributed by atoms with van der Waals surface area (Å²) in [4.78, 5) is 0. The highest BCUT2D eigenvalue weighted by atomic mass is 14.9. The van der Waals surface area contributed by atoms with Gasteiger partial charge in [-0.1, -0.05) is 23.8 Å². The summed E-state index contributed by atoms with van der Waals surface area (Å²) in [6.07, 6.45) is 7.67. The van der Waals surface area contributed by atoms with E-state index in [0.29, 0.717) is 12.0 Å². The van der Waals surface area contributed by atoms with Crippen molar-refractivity contribution in [1.29, 1.82) is 0 Å². The van der Waals surface area contributed by atoms with Gasteiger partial charge >= 0.3 is 0 Å². The minimum absolute atomic E-state index is 0.319. The Morgan fingerprint density at radius 2 is 2.45 bits per heavy atom. The van der Waals surface area contributed by atoms with E-state index in [1.807, 2.05) is 0 Å². The van der Waals surface area contributed by atoms with E-state index in [2.05, 4.69) is 23.5 Å². The minimum atomic E-state index is 0.319. The molecule has 0 radical (unpaired) electrons. The van der Waals surface area contributed by atoms with Crippen LogP contribution >= 0.6 is 0 Å². The number of fused-ring (bicyclic) bond motifs is 1. The Kier molecular flexibility index (Phi) is 1.80. The molecule has 1 aliphatic heterocycles. The molecule has 1 aliphatic carbocycles. The number of piperidine rings is 1. The van der Waals surface area contributed by atoms with Crippen molar-refractivity contribution in [2.45, 2.75) is 12.5 Å². The van der Waals surface area contributed by atoms with Gasteiger partial charge < -0.3 is 11.1 Å². The first-order chi connectivity index (χ1) is 5.38. The minimum Gasteiger partial charge on any atom is -0.326 e. The predicted octanol–water partition coefficient (Wildman–Crippen LogP) is 0.419. The van der Waals surface area contributed by atoms with Gasteiger partial charge in [0.05, 0.1) is 0 Å². The van der Waals surface area contributed by atoms with Crippen LogP contribution in [0.25, 0.3) is 0 Å². The second-order valence-corrected chi connectivity index (χ2v) is 3.31. The Hall–Kier alpha value is -0.600. The van der Waals surface area contributed by atoms with E-state index in [1.165, 1.54) is 5.57 Å². The number of nitrogens with one attached hydrogen (secondary N) is 1. The Balaban J connectivity index is 2.18. The van der Waals surface area contributed by atoms with E-state index >= 15 is 0 Å². The van der Waals surface area contributed by atoms with Gasteiger partial charge in [-0.15, -0.1) is 0 Å². The summed E-state index contributed by atoms with van der Waals surface area (Å²) in [7, 11) is 0. The highest BCUT2D eigenvalue weighted by Crippen LogP contribution is 2.24. The Bertz CT molecular complexity index is 206. The molecular formula is C9H14N2. The van der Waals surface area contributed by atoms with Crippen LogP contribution in [-0.4, -0.2) is 19.1 Å². The number of allylic oxidation sites excluding steroid dienone is 3. The lowest BCUT2D eigenvalue weighted by molar-refractivity contribution is 0.402. The molecule has 2 unspecified atom stereocenters. The lowest BCUT2D eigenvalue weighted by atomic mass is 9.83. The molecule has 2 aliphatic rings. The standard InChI is InChI=1S/C9H14N2/c10-9-6-11-5-7-3-1-2-4-8(7)9/h1-3,8-9,11H,4-6,10H2. The summed E-state index contributed by atoms with van der Waals surface area (Å²) >= 11 is 0. The zero-order valence-corrected chi connectivity index (χ0v) is 6.59. The normalized spacial score (nSPS) is 36.3. The van der Waals surface area contributed by atoms with Crippen molar-refractivity contribution >= 4 is 0 Å². The molecule has 1 fully saturated rings. The van der Waals surface area contributed by atoms with Crippen LogP contribution in [0.15, 0.2) is 23.8 Å². The molecular weight excluding hydrogens is 136 g/mol. The quantitative estimate of drug-likeness (QED) is 0.525. The first-order valence-corrected chi connectivity index (χ1v) is 4.20. The van der Waals surface area contributed by atoms with Crippen molar-refractivity contribution in [3.05, 3.63) is 23.8 Å². The fraction of sp³-hybridized carbons (Fsp3) is 0.556. The zero-order valence-electron chi connectivity index (χ0n) is 6.59. The third-order valence-corrected chi connectivity index (χ3v) is 2.54. The molecule has 1 heterocycles. The molecule has 2 heteroatoms. The molecule has 1 saturated heterocycles. The molecule has 0 saturated carbocycles. The van der Waals surface area contributed by atoms with Crippen LogP contribution in [0.5, 0.6) is 0 Å². The van der Waals surface area contributed by atoms with Gasteiger partial charge in [-0.3, -0.25) is 0 Å². The highest BCUT2D eigenvalue weighted by molar-refractivity contribution is 5.25.